The van der Waals surface area contributed by atoms with E-state index in [9.17, 15) is 0 Å². The summed E-state index contributed by atoms with van der Waals surface area (Å²) >= 11 is 3.53. The lowest BCUT2D eigenvalue weighted by molar-refractivity contribution is 0.690. The van der Waals surface area contributed by atoms with Gasteiger partial charge in [0.1, 0.15) is 0 Å². The van der Waals surface area contributed by atoms with E-state index in [2.05, 4.69) is 83.6 Å². The second-order valence-corrected chi connectivity index (χ2v) is 5.81. The third-order valence-electron chi connectivity index (χ3n) is 3.38. The molecule has 0 heterocycles. The van der Waals surface area contributed by atoms with Gasteiger partial charge < -0.3 is 5.32 Å². The van der Waals surface area contributed by atoms with Gasteiger partial charge in [0.15, 0.2) is 0 Å². The zero-order chi connectivity index (χ0) is 13.7. The second-order valence-electron chi connectivity index (χ2n) is 4.90. The molecule has 0 fully saturated rings. The minimum Gasteiger partial charge on any atom is -0.382 e. The molecule has 1 atom stereocenters. The molecule has 0 saturated heterocycles. The van der Waals surface area contributed by atoms with Crippen molar-refractivity contribution in [3.05, 3.63) is 64.1 Å². The number of hydrogen-bond donors (Lipinski definition) is 1. The molecular weight excluding hydrogens is 298 g/mol. The van der Waals surface area contributed by atoms with Crippen molar-refractivity contribution >= 4 is 21.6 Å². The first kappa shape index (κ1) is 14.1. The Morgan fingerprint density at radius 1 is 1.11 bits per heavy atom. The highest BCUT2D eigenvalue weighted by Gasteiger charge is 2.09. The Balaban J connectivity index is 2.09. The summed E-state index contributed by atoms with van der Waals surface area (Å²) in [4.78, 5) is 0. The monoisotopic (exact) mass is 317 g/mol. The smallest absolute Gasteiger partial charge is 0.0383 e. The lowest BCUT2D eigenvalue weighted by Crippen LogP contribution is -2.21. The van der Waals surface area contributed by atoms with Gasteiger partial charge in [-0.25, -0.2) is 0 Å². The maximum absolute atomic E-state index is 3.66. The molecule has 0 bridgehead atoms. The van der Waals surface area contributed by atoms with Crippen molar-refractivity contribution in [3.63, 3.8) is 0 Å². The Morgan fingerprint density at radius 3 is 2.53 bits per heavy atom. The van der Waals surface area contributed by atoms with Gasteiger partial charge in [-0.3, -0.25) is 0 Å². The Morgan fingerprint density at radius 2 is 1.84 bits per heavy atom. The van der Waals surface area contributed by atoms with Crippen LogP contribution in [0.15, 0.2) is 53.0 Å². The Labute approximate surface area is 124 Å². The summed E-state index contributed by atoms with van der Waals surface area (Å²) in [6.07, 6.45) is 2.17. The molecule has 2 rings (SSSR count). The topological polar surface area (TPSA) is 12.0 Å². The molecule has 0 aliphatic heterocycles. The van der Waals surface area contributed by atoms with Gasteiger partial charge in [0.2, 0.25) is 0 Å². The van der Waals surface area contributed by atoms with Crippen LogP contribution in [0.4, 0.5) is 5.69 Å². The van der Waals surface area contributed by atoms with Gasteiger partial charge >= 0.3 is 0 Å². The molecule has 0 amide bonds. The molecule has 0 aliphatic rings. The van der Waals surface area contributed by atoms with Crippen LogP contribution in [-0.2, 0) is 6.42 Å². The van der Waals surface area contributed by atoms with Crippen molar-refractivity contribution in [2.45, 2.75) is 32.7 Å². The standard InChI is InChI=1S/C17H20BrN/c1-3-16(11-14-7-5-4-6-8-14)19-17-12-15(18)10-9-13(17)2/h4-10,12,16,19H,3,11H2,1-2H3. The summed E-state index contributed by atoms with van der Waals surface area (Å²) in [5.74, 6) is 0. The summed E-state index contributed by atoms with van der Waals surface area (Å²) in [6.45, 7) is 4.37. The van der Waals surface area contributed by atoms with E-state index in [0.29, 0.717) is 6.04 Å². The van der Waals surface area contributed by atoms with Crippen molar-refractivity contribution in [2.24, 2.45) is 0 Å². The minimum atomic E-state index is 0.468. The van der Waals surface area contributed by atoms with Crippen LogP contribution in [0.1, 0.15) is 24.5 Å². The van der Waals surface area contributed by atoms with Crippen LogP contribution >= 0.6 is 15.9 Å². The lowest BCUT2D eigenvalue weighted by Gasteiger charge is -2.20. The first-order valence-corrected chi connectivity index (χ1v) is 7.55. The maximum atomic E-state index is 3.66. The normalized spacial score (nSPS) is 12.2. The molecule has 100 valence electrons. The summed E-state index contributed by atoms with van der Waals surface area (Å²) in [6, 6.07) is 17.5. The van der Waals surface area contributed by atoms with E-state index >= 15 is 0 Å². The summed E-state index contributed by atoms with van der Waals surface area (Å²) < 4.78 is 1.12. The molecule has 0 radical (unpaired) electrons. The molecule has 19 heavy (non-hydrogen) atoms. The minimum absolute atomic E-state index is 0.468. The van der Waals surface area contributed by atoms with Crippen LogP contribution < -0.4 is 5.32 Å². The Bertz CT molecular complexity index is 522. The van der Waals surface area contributed by atoms with E-state index in [0.717, 1.165) is 17.3 Å². The highest BCUT2D eigenvalue weighted by Crippen LogP contribution is 2.22. The Kier molecular flexibility index (Phi) is 5.03. The molecule has 1 unspecified atom stereocenters. The summed E-state index contributed by atoms with van der Waals surface area (Å²) in [5.41, 5.74) is 3.89. The summed E-state index contributed by atoms with van der Waals surface area (Å²) in [7, 11) is 0. The van der Waals surface area contributed by atoms with E-state index in [4.69, 9.17) is 0 Å². The first-order valence-electron chi connectivity index (χ1n) is 6.75. The van der Waals surface area contributed by atoms with Gasteiger partial charge in [-0.05, 0) is 43.0 Å². The van der Waals surface area contributed by atoms with Gasteiger partial charge in [0, 0.05) is 16.2 Å². The van der Waals surface area contributed by atoms with Crippen LogP contribution in [-0.4, -0.2) is 6.04 Å². The number of anilines is 1. The van der Waals surface area contributed by atoms with E-state index in [1.807, 2.05) is 0 Å². The SMILES string of the molecule is CCC(Cc1ccccc1)Nc1cc(Br)ccc1C. The van der Waals surface area contributed by atoms with Crippen molar-refractivity contribution in [1.29, 1.82) is 0 Å². The molecule has 1 nitrogen and oxygen atoms in total. The third-order valence-corrected chi connectivity index (χ3v) is 3.87. The molecule has 0 saturated carbocycles. The zero-order valence-electron chi connectivity index (χ0n) is 11.5. The third kappa shape index (κ3) is 4.10. The molecule has 0 aromatic heterocycles. The van der Waals surface area contributed by atoms with Crippen molar-refractivity contribution < 1.29 is 0 Å². The van der Waals surface area contributed by atoms with E-state index < -0.39 is 0 Å². The largest absolute Gasteiger partial charge is 0.382 e. The lowest BCUT2D eigenvalue weighted by atomic mass is 10.0. The zero-order valence-corrected chi connectivity index (χ0v) is 13.1. The number of nitrogens with one attached hydrogen (secondary N) is 1. The van der Waals surface area contributed by atoms with E-state index in [1.165, 1.54) is 16.8 Å². The molecule has 1 N–H and O–H groups in total. The molecular formula is C17H20BrN. The highest BCUT2D eigenvalue weighted by molar-refractivity contribution is 9.10. The Hall–Kier alpha value is -1.28. The van der Waals surface area contributed by atoms with Crippen LogP contribution in [0.2, 0.25) is 0 Å². The van der Waals surface area contributed by atoms with Crippen LogP contribution in [0.3, 0.4) is 0 Å². The maximum Gasteiger partial charge on any atom is 0.0383 e. The average Bonchev–Trinajstić information content (AvgIpc) is 2.43. The predicted octanol–water partition coefficient (Wildman–Crippen LogP) is 5.19. The number of hydrogen-bond acceptors (Lipinski definition) is 1. The molecule has 0 spiro atoms. The fourth-order valence-electron chi connectivity index (χ4n) is 2.17. The second kappa shape index (κ2) is 6.76. The van der Waals surface area contributed by atoms with Gasteiger partial charge in [0.05, 0.1) is 0 Å². The molecule has 2 aromatic carbocycles. The molecule has 0 aliphatic carbocycles. The van der Waals surface area contributed by atoms with Crippen molar-refractivity contribution in [1.82, 2.24) is 0 Å². The first-order chi connectivity index (χ1) is 9.19. The quantitative estimate of drug-likeness (QED) is 0.800. The fraction of sp³-hybridized carbons (Fsp3) is 0.294. The van der Waals surface area contributed by atoms with Gasteiger partial charge in [-0.2, -0.15) is 0 Å². The van der Waals surface area contributed by atoms with Crippen molar-refractivity contribution in [2.75, 3.05) is 5.32 Å². The average molecular weight is 318 g/mol. The predicted molar refractivity (Wildman–Crippen MR) is 86.7 cm³/mol. The van der Waals surface area contributed by atoms with Crippen LogP contribution in [0.5, 0.6) is 0 Å². The van der Waals surface area contributed by atoms with Crippen molar-refractivity contribution in [3.8, 4) is 0 Å². The molecule has 2 aromatic rings. The van der Waals surface area contributed by atoms with E-state index in [1.54, 1.807) is 0 Å². The number of rotatable bonds is 5. The van der Waals surface area contributed by atoms with Gasteiger partial charge in [0.25, 0.3) is 0 Å². The van der Waals surface area contributed by atoms with Gasteiger partial charge in [-0.1, -0.05) is 59.3 Å². The van der Waals surface area contributed by atoms with Crippen LogP contribution in [0.25, 0.3) is 0 Å². The summed E-state index contributed by atoms with van der Waals surface area (Å²) in [5, 5.41) is 3.66. The number of halogens is 1. The number of benzene rings is 2. The fourth-order valence-corrected chi connectivity index (χ4v) is 2.53. The van der Waals surface area contributed by atoms with Gasteiger partial charge in [-0.15, -0.1) is 0 Å². The highest BCUT2D eigenvalue weighted by atomic mass is 79.9. The van der Waals surface area contributed by atoms with Crippen LogP contribution in [0, 0.1) is 6.92 Å². The number of aryl methyl sites for hydroxylation is 1. The molecule has 2 heteroatoms. The van der Waals surface area contributed by atoms with E-state index in [-0.39, 0.29) is 0 Å².